The second-order valence-corrected chi connectivity index (χ2v) is 6.71. The Bertz CT molecular complexity index is 972. The highest BCUT2D eigenvalue weighted by Gasteiger charge is 2.27. The summed E-state index contributed by atoms with van der Waals surface area (Å²) in [5.74, 6) is 0.880. The van der Waals surface area contributed by atoms with Gasteiger partial charge in [0.1, 0.15) is 0 Å². The van der Waals surface area contributed by atoms with Gasteiger partial charge in [-0.05, 0) is 38.3 Å². The summed E-state index contributed by atoms with van der Waals surface area (Å²) in [6.07, 6.45) is 2.97. The first-order valence-corrected chi connectivity index (χ1v) is 8.77. The fourth-order valence-electron chi connectivity index (χ4n) is 3.69. The van der Waals surface area contributed by atoms with Crippen LogP contribution in [0.25, 0.3) is 11.4 Å². The molecule has 1 aliphatic rings. The predicted octanol–water partition coefficient (Wildman–Crippen LogP) is 2.89. The molecule has 1 aromatic carbocycles. The number of benzene rings is 1. The number of carbonyl (C=O) groups is 1. The van der Waals surface area contributed by atoms with Gasteiger partial charge in [-0.2, -0.15) is 10.1 Å². The average molecular weight is 351 g/mol. The fourth-order valence-corrected chi connectivity index (χ4v) is 3.69. The van der Waals surface area contributed by atoms with E-state index in [1.54, 1.807) is 19.1 Å². The summed E-state index contributed by atoms with van der Waals surface area (Å²) >= 11 is 0. The lowest BCUT2D eigenvalue weighted by molar-refractivity contribution is 0.0932. The quantitative estimate of drug-likeness (QED) is 0.784. The van der Waals surface area contributed by atoms with Crippen LogP contribution in [0.5, 0.6) is 0 Å². The Morgan fingerprint density at radius 1 is 1.35 bits per heavy atom. The number of rotatable bonds is 3. The van der Waals surface area contributed by atoms with Crippen molar-refractivity contribution in [3.63, 3.8) is 0 Å². The molecule has 134 valence electrons. The number of carbonyl (C=O) groups excluding carboxylic acids is 1. The van der Waals surface area contributed by atoms with Gasteiger partial charge in [0.05, 0.1) is 11.7 Å². The molecule has 0 radical (unpaired) electrons. The second-order valence-electron chi connectivity index (χ2n) is 6.71. The van der Waals surface area contributed by atoms with Gasteiger partial charge >= 0.3 is 0 Å². The Labute approximate surface area is 151 Å². The maximum absolute atomic E-state index is 12.8. The van der Waals surface area contributed by atoms with Gasteiger partial charge in [-0.15, -0.1) is 0 Å². The van der Waals surface area contributed by atoms with E-state index in [4.69, 9.17) is 4.52 Å². The first kappa shape index (κ1) is 16.5. The lowest BCUT2D eigenvalue weighted by Gasteiger charge is -2.24. The molecule has 2 aromatic heterocycles. The standard InChI is InChI=1S/C19H21N5O2/c1-11-17-15(8-5-9-16(17)24(3)22-11)21-19(25)14-7-4-6-13(10-14)18-20-12(2)26-23-18/h4,6-7,10,15H,5,8-9H2,1-3H3,(H,21,25). The van der Waals surface area contributed by atoms with E-state index in [9.17, 15) is 4.79 Å². The second kappa shape index (κ2) is 6.40. The van der Waals surface area contributed by atoms with Crippen LogP contribution in [-0.4, -0.2) is 25.8 Å². The lowest BCUT2D eigenvalue weighted by Crippen LogP contribution is -2.31. The van der Waals surface area contributed by atoms with E-state index in [0.717, 1.165) is 36.1 Å². The number of fused-ring (bicyclic) bond motifs is 1. The van der Waals surface area contributed by atoms with E-state index in [1.807, 2.05) is 30.8 Å². The van der Waals surface area contributed by atoms with E-state index in [-0.39, 0.29) is 11.9 Å². The molecule has 0 fully saturated rings. The number of nitrogens with one attached hydrogen (secondary N) is 1. The lowest BCUT2D eigenvalue weighted by atomic mass is 9.90. The Hall–Kier alpha value is -2.96. The van der Waals surface area contributed by atoms with Crippen LogP contribution in [0.3, 0.4) is 0 Å². The molecule has 1 atom stereocenters. The van der Waals surface area contributed by atoms with E-state index in [1.165, 1.54) is 5.69 Å². The maximum Gasteiger partial charge on any atom is 0.251 e. The van der Waals surface area contributed by atoms with Gasteiger partial charge in [0.15, 0.2) is 0 Å². The molecule has 0 saturated heterocycles. The molecule has 0 spiro atoms. The average Bonchev–Trinajstić information content (AvgIpc) is 3.19. The van der Waals surface area contributed by atoms with Crippen molar-refractivity contribution in [2.24, 2.45) is 7.05 Å². The summed E-state index contributed by atoms with van der Waals surface area (Å²) in [6, 6.07) is 7.28. The minimum atomic E-state index is -0.104. The molecule has 26 heavy (non-hydrogen) atoms. The molecule has 4 rings (SSSR count). The largest absolute Gasteiger partial charge is 0.345 e. The van der Waals surface area contributed by atoms with Crippen LogP contribution >= 0.6 is 0 Å². The summed E-state index contributed by atoms with van der Waals surface area (Å²) in [4.78, 5) is 17.0. The predicted molar refractivity (Wildman–Crippen MR) is 95.6 cm³/mol. The van der Waals surface area contributed by atoms with E-state index in [2.05, 4.69) is 20.6 Å². The summed E-state index contributed by atoms with van der Waals surface area (Å²) < 4.78 is 6.96. The van der Waals surface area contributed by atoms with E-state index in [0.29, 0.717) is 17.3 Å². The van der Waals surface area contributed by atoms with E-state index < -0.39 is 0 Å². The van der Waals surface area contributed by atoms with Gasteiger partial charge in [0.25, 0.3) is 5.91 Å². The van der Waals surface area contributed by atoms with Crippen molar-refractivity contribution in [2.45, 2.75) is 39.2 Å². The van der Waals surface area contributed by atoms with Crippen molar-refractivity contribution in [1.82, 2.24) is 25.2 Å². The highest BCUT2D eigenvalue weighted by Crippen LogP contribution is 2.32. The molecule has 0 bridgehead atoms. The zero-order valence-corrected chi connectivity index (χ0v) is 15.1. The van der Waals surface area contributed by atoms with Gasteiger partial charge in [-0.3, -0.25) is 9.48 Å². The summed E-state index contributed by atoms with van der Waals surface area (Å²) in [5.41, 5.74) is 4.71. The van der Waals surface area contributed by atoms with Crippen molar-refractivity contribution >= 4 is 5.91 Å². The van der Waals surface area contributed by atoms with Gasteiger partial charge < -0.3 is 9.84 Å². The Morgan fingerprint density at radius 2 is 2.19 bits per heavy atom. The van der Waals surface area contributed by atoms with Crippen LogP contribution in [0.4, 0.5) is 0 Å². The van der Waals surface area contributed by atoms with Crippen molar-refractivity contribution in [1.29, 1.82) is 0 Å². The zero-order chi connectivity index (χ0) is 18.3. The maximum atomic E-state index is 12.8. The summed E-state index contributed by atoms with van der Waals surface area (Å²) in [5, 5.41) is 11.6. The SMILES string of the molecule is Cc1nc(-c2cccc(C(=O)NC3CCCc4c3c(C)nn4C)c2)no1. The topological polar surface area (TPSA) is 85.8 Å². The summed E-state index contributed by atoms with van der Waals surface area (Å²) in [6.45, 7) is 3.74. The molecule has 1 N–H and O–H groups in total. The van der Waals surface area contributed by atoms with E-state index >= 15 is 0 Å². The van der Waals surface area contributed by atoms with Gasteiger partial charge in [0, 0.05) is 36.4 Å². The third kappa shape index (κ3) is 2.89. The van der Waals surface area contributed by atoms with Crippen LogP contribution in [-0.2, 0) is 13.5 Å². The number of aromatic nitrogens is 4. The Balaban J connectivity index is 1.58. The van der Waals surface area contributed by atoms with Crippen molar-refractivity contribution < 1.29 is 9.32 Å². The molecule has 1 unspecified atom stereocenters. The molecule has 2 heterocycles. The minimum Gasteiger partial charge on any atom is -0.345 e. The molecule has 0 saturated carbocycles. The van der Waals surface area contributed by atoms with Crippen LogP contribution in [0.15, 0.2) is 28.8 Å². The van der Waals surface area contributed by atoms with Crippen molar-refractivity contribution in [2.75, 3.05) is 0 Å². The molecular weight excluding hydrogens is 330 g/mol. The smallest absolute Gasteiger partial charge is 0.251 e. The van der Waals surface area contributed by atoms with Crippen LogP contribution in [0, 0.1) is 13.8 Å². The number of amides is 1. The third-order valence-electron chi connectivity index (χ3n) is 4.86. The number of nitrogens with zero attached hydrogens (tertiary/aromatic N) is 4. The van der Waals surface area contributed by atoms with Crippen molar-refractivity contribution in [3.8, 4) is 11.4 Å². The third-order valence-corrected chi connectivity index (χ3v) is 4.86. The highest BCUT2D eigenvalue weighted by atomic mass is 16.5. The van der Waals surface area contributed by atoms with Crippen LogP contribution < -0.4 is 5.32 Å². The van der Waals surface area contributed by atoms with Gasteiger partial charge in [-0.25, -0.2) is 0 Å². The first-order valence-electron chi connectivity index (χ1n) is 8.77. The van der Waals surface area contributed by atoms with Gasteiger partial charge in [0.2, 0.25) is 11.7 Å². The fraction of sp³-hybridized carbons (Fsp3) is 0.368. The van der Waals surface area contributed by atoms with Crippen LogP contribution in [0.2, 0.25) is 0 Å². The van der Waals surface area contributed by atoms with Crippen LogP contribution in [0.1, 0.15) is 52.1 Å². The zero-order valence-electron chi connectivity index (χ0n) is 15.1. The monoisotopic (exact) mass is 351 g/mol. The molecule has 1 amide bonds. The molecular formula is C19H21N5O2. The minimum absolute atomic E-state index is 0.00368. The molecule has 0 aliphatic heterocycles. The molecule has 7 heteroatoms. The first-order chi connectivity index (χ1) is 12.5. The summed E-state index contributed by atoms with van der Waals surface area (Å²) in [7, 11) is 1.96. The van der Waals surface area contributed by atoms with Gasteiger partial charge in [-0.1, -0.05) is 17.3 Å². The number of aryl methyl sites for hydroxylation is 3. The Morgan fingerprint density at radius 3 is 2.96 bits per heavy atom. The highest BCUT2D eigenvalue weighted by molar-refractivity contribution is 5.95. The Kier molecular flexibility index (Phi) is 4.06. The van der Waals surface area contributed by atoms with Crippen molar-refractivity contribution in [3.05, 3.63) is 52.7 Å². The molecule has 3 aromatic rings. The molecule has 1 aliphatic carbocycles. The number of hydrogen-bond acceptors (Lipinski definition) is 5. The normalized spacial score (nSPS) is 16.3. The molecule has 7 nitrogen and oxygen atoms in total. The number of hydrogen-bond donors (Lipinski definition) is 1.